The molecule has 0 aliphatic heterocycles. The van der Waals surface area contributed by atoms with Crippen LogP contribution < -0.4 is 5.32 Å². The summed E-state index contributed by atoms with van der Waals surface area (Å²) in [5, 5.41) is 12.0. The number of imidazole rings is 1. The van der Waals surface area contributed by atoms with Crippen molar-refractivity contribution in [1.82, 2.24) is 9.55 Å². The van der Waals surface area contributed by atoms with Gasteiger partial charge in [0.05, 0.1) is 11.0 Å². The van der Waals surface area contributed by atoms with Gasteiger partial charge in [-0.1, -0.05) is 13.8 Å². The molecule has 0 fully saturated rings. The molecule has 0 saturated carbocycles. The molecule has 1 aromatic carbocycles. The highest BCUT2D eigenvalue weighted by Gasteiger charge is 2.13. The molecule has 1 heterocycles. The van der Waals surface area contributed by atoms with E-state index >= 15 is 0 Å². The summed E-state index contributed by atoms with van der Waals surface area (Å²) in [6, 6.07) is 4.15. The van der Waals surface area contributed by atoms with E-state index in [9.17, 15) is 9.18 Å². The summed E-state index contributed by atoms with van der Waals surface area (Å²) in [6.45, 7) is 4.50. The predicted octanol–water partition coefficient (Wildman–Crippen LogP) is 2.33. The van der Waals surface area contributed by atoms with E-state index in [1.165, 1.54) is 16.7 Å². The van der Waals surface area contributed by atoms with Crippen molar-refractivity contribution in [2.24, 2.45) is 5.92 Å². The van der Waals surface area contributed by atoms with Gasteiger partial charge in [-0.05, 0) is 24.1 Å². The smallest absolute Gasteiger partial charge is 0.323 e. The third-order valence-corrected chi connectivity index (χ3v) is 2.67. The number of benzene rings is 1. The van der Waals surface area contributed by atoms with E-state index in [2.05, 4.69) is 10.3 Å². The van der Waals surface area contributed by atoms with Gasteiger partial charge in [0.25, 0.3) is 0 Å². The highest BCUT2D eigenvalue weighted by molar-refractivity contribution is 5.81. The SMILES string of the molecule is CC(C)CNc1nc2ccc(F)cc2n1CC(=O)O. The number of carbonyl (C=O) groups is 1. The minimum atomic E-state index is -0.990. The number of nitrogens with zero attached hydrogens (tertiary/aromatic N) is 2. The van der Waals surface area contributed by atoms with Crippen LogP contribution >= 0.6 is 0 Å². The highest BCUT2D eigenvalue weighted by atomic mass is 19.1. The van der Waals surface area contributed by atoms with E-state index in [0.29, 0.717) is 29.4 Å². The third kappa shape index (κ3) is 3.01. The van der Waals surface area contributed by atoms with Crippen molar-refractivity contribution >= 4 is 23.0 Å². The number of carboxylic acids is 1. The van der Waals surface area contributed by atoms with Crippen molar-refractivity contribution in [2.45, 2.75) is 20.4 Å². The number of halogens is 1. The molecule has 102 valence electrons. The molecule has 0 unspecified atom stereocenters. The molecule has 0 bridgehead atoms. The Kier molecular flexibility index (Phi) is 3.69. The third-order valence-electron chi connectivity index (χ3n) is 2.67. The summed E-state index contributed by atoms with van der Waals surface area (Å²) in [5.41, 5.74) is 1.06. The average Bonchev–Trinajstić information content (AvgIpc) is 2.64. The number of hydrogen-bond donors (Lipinski definition) is 2. The zero-order valence-electron chi connectivity index (χ0n) is 10.9. The number of fused-ring (bicyclic) bond motifs is 1. The van der Waals surface area contributed by atoms with Crippen LogP contribution in [0.2, 0.25) is 0 Å². The molecule has 6 heteroatoms. The van der Waals surface area contributed by atoms with Gasteiger partial charge in [-0.2, -0.15) is 0 Å². The van der Waals surface area contributed by atoms with Gasteiger partial charge in [0, 0.05) is 6.54 Å². The lowest BCUT2D eigenvalue weighted by Crippen LogP contribution is -2.16. The topological polar surface area (TPSA) is 67.2 Å². The summed E-state index contributed by atoms with van der Waals surface area (Å²) in [5.74, 6) is -0.544. The first-order chi connectivity index (χ1) is 8.97. The standard InChI is InChI=1S/C13H16FN3O2/c1-8(2)6-15-13-16-10-4-3-9(14)5-11(10)17(13)7-12(18)19/h3-5,8H,6-7H2,1-2H3,(H,15,16)(H,18,19). The van der Waals surface area contributed by atoms with Crippen LogP contribution in [0, 0.1) is 11.7 Å². The van der Waals surface area contributed by atoms with E-state index in [4.69, 9.17) is 5.11 Å². The predicted molar refractivity (Wildman–Crippen MR) is 70.7 cm³/mol. The van der Waals surface area contributed by atoms with Crippen molar-refractivity contribution in [2.75, 3.05) is 11.9 Å². The Hall–Kier alpha value is -2.11. The minimum absolute atomic E-state index is 0.250. The monoisotopic (exact) mass is 265 g/mol. The Balaban J connectivity index is 2.45. The first kappa shape index (κ1) is 13.3. The molecular weight excluding hydrogens is 249 g/mol. The Bertz CT molecular complexity index is 607. The minimum Gasteiger partial charge on any atom is -0.480 e. The van der Waals surface area contributed by atoms with Crippen LogP contribution in [0.5, 0.6) is 0 Å². The van der Waals surface area contributed by atoms with Crippen LogP contribution in [0.15, 0.2) is 18.2 Å². The maximum atomic E-state index is 13.3. The molecule has 0 aliphatic carbocycles. The van der Waals surface area contributed by atoms with Gasteiger partial charge in [0.1, 0.15) is 12.4 Å². The van der Waals surface area contributed by atoms with Gasteiger partial charge in [0.2, 0.25) is 5.95 Å². The lowest BCUT2D eigenvalue weighted by Gasteiger charge is -2.10. The van der Waals surface area contributed by atoms with Crippen LogP contribution in [0.25, 0.3) is 11.0 Å². The van der Waals surface area contributed by atoms with Gasteiger partial charge in [-0.15, -0.1) is 0 Å². The lowest BCUT2D eigenvalue weighted by molar-refractivity contribution is -0.137. The van der Waals surface area contributed by atoms with Crippen LogP contribution in [-0.2, 0) is 11.3 Å². The maximum Gasteiger partial charge on any atom is 0.323 e. The summed E-state index contributed by atoms with van der Waals surface area (Å²) >= 11 is 0. The zero-order valence-corrected chi connectivity index (χ0v) is 10.9. The largest absolute Gasteiger partial charge is 0.480 e. The molecule has 0 saturated heterocycles. The second-order valence-corrected chi connectivity index (χ2v) is 4.82. The van der Waals surface area contributed by atoms with E-state index < -0.39 is 11.8 Å². The number of rotatable bonds is 5. The quantitative estimate of drug-likeness (QED) is 0.870. The second kappa shape index (κ2) is 5.26. The lowest BCUT2D eigenvalue weighted by atomic mass is 10.2. The van der Waals surface area contributed by atoms with Gasteiger partial charge in [-0.3, -0.25) is 9.36 Å². The summed E-state index contributed by atoms with van der Waals surface area (Å²) in [6.07, 6.45) is 0. The van der Waals surface area contributed by atoms with Gasteiger partial charge < -0.3 is 10.4 Å². The van der Waals surface area contributed by atoms with Crippen molar-refractivity contribution < 1.29 is 14.3 Å². The molecule has 2 rings (SSSR count). The molecule has 5 nitrogen and oxygen atoms in total. The number of carboxylic acid groups (broad SMARTS) is 1. The Morgan fingerprint density at radius 1 is 1.53 bits per heavy atom. The van der Waals surface area contributed by atoms with E-state index in [-0.39, 0.29) is 6.54 Å². The average molecular weight is 265 g/mol. The fraction of sp³-hybridized carbons (Fsp3) is 0.385. The van der Waals surface area contributed by atoms with Crippen LogP contribution in [0.4, 0.5) is 10.3 Å². The molecule has 0 spiro atoms. The van der Waals surface area contributed by atoms with Crippen molar-refractivity contribution in [1.29, 1.82) is 0 Å². The molecular formula is C13H16FN3O2. The number of hydrogen-bond acceptors (Lipinski definition) is 3. The molecule has 19 heavy (non-hydrogen) atoms. The fourth-order valence-corrected chi connectivity index (χ4v) is 1.82. The number of anilines is 1. The van der Waals surface area contributed by atoms with E-state index in [1.54, 1.807) is 6.07 Å². The fourth-order valence-electron chi connectivity index (χ4n) is 1.82. The van der Waals surface area contributed by atoms with Gasteiger partial charge >= 0.3 is 5.97 Å². The summed E-state index contributed by atoms with van der Waals surface area (Å²) in [7, 11) is 0. The molecule has 2 N–H and O–H groups in total. The Morgan fingerprint density at radius 3 is 2.89 bits per heavy atom. The number of nitrogens with one attached hydrogen (secondary N) is 1. The Morgan fingerprint density at radius 2 is 2.26 bits per heavy atom. The molecule has 1 aromatic heterocycles. The summed E-state index contributed by atoms with van der Waals surface area (Å²) < 4.78 is 14.7. The van der Waals surface area contributed by atoms with Crippen molar-refractivity contribution in [3.05, 3.63) is 24.0 Å². The molecule has 0 radical (unpaired) electrons. The second-order valence-electron chi connectivity index (χ2n) is 4.82. The zero-order chi connectivity index (χ0) is 14.0. The number of aromatic nitrogens is 2. The van der Waals surface area contributed by atoms with Gasteiger partial charge in [0.15, 0.2) is 0 Å². The van der Waals surface area contributed by atoms with Crippen molar-refractivity contribution in [3.8, 4) is 0 Å². The van der Waals surface area contributed by atoms with Crippen molar-refractivity contribution in [3.63, 3.8) is 0 Å². The van der Waals surface area contributed by atoms with E-state index in [0.717, 1.165) is 0 Å². The molecule has 2 aromatic rings. The number of aliphatic carboxylic acids is 1. The molecule has 0 aliphatic rings. The van der Waals surface area contributed by atoms with Gasteiger partial charge in [-0.25, -0.2) is 9.37 Å². The first-order valence-electron chi connectivity index (χ1n) is 6.09. The van der Waals surface area contributed by atoms with Crippen LogP contribution in [-0.4, -0.2) is 27.2 Å². The Labute approximate surface area is 110 Å². The molecule has 0 atom stereocenters. The van der Waals surface area contributed by atoms with Crippen LogP contribution in [0.3, 0.4) is 0 Å². The summed E-state index contributed by atoms with van der Waals surface area (Å²) in [4.78, 5) is 15.2. The molecule has 0 amide bonds. The first-order valence-corrected chi connectivity index (χ1v) is 6.09. The van der Waals surface area contributed by atoms with Crippen LogP contribution in [0.1, 0.15) is 13.8 Å². The van der Waals surface area contributed by atoms with E-state index in [1.807, 2.05) is 13.8 Å². The maximum absolute atomic E-state index is 13.3. The highest BCUT2D eigenvalue weighted by Crippen LogP contribution is 2.21. The normalized spacial score (nSPS) is 11.2.